The highest BCUT2D eigenvalue weighted by Gasteiger charge is 1.94. The summed E-state index contributed by atoms with van der Waals surface area (Å²) in [6.07, 6.45) is 5.04. The molecule has 0 N–H and O–H groups in total. The normalized spacial score (nSPS) is 10.3. The van der Waals surface area contributed by atoms with E-state index in [9.17, 15) is 0 Å². The average molecular weight is 210 g/mol. The maximum Gasteiger partial charge on any atom is 0.125 e. The highest BCUT2D eigenvalue weighted by Crippen LogP contribution is 2.10. The molecule has 0 saturated heterocycles. The third-order valence-corrected chi connectivity index (χ3v) is 1.70. The molecule has 0 radical (unpaired) electrons. The summed E-state index contributed by atoms with van der Waals surface area (Å²) >= 11 is 3.24. The first-order valence-electron chi connectivity index (χ1n) is 3.08. The van der Waals surface area contributed by atoms with Crippen LogP contribution in [0.25, 0.3) is 11.0 Å². The van der Waals surface area contributed by atoms with Crippen molar-refractivity contribution in [1.82, 2.24) is 15.0 Å². The molecular formula is C7H4BrN3. The van der Waals surface area contributed by atoms with Crippen molar-refractivity contribution in [2.24, 2.45) is 0 Å². The number of aromatic nitrogens is 3. The van der Waals surface area contributed by atoms with Crippen LogP contribution in [0.2, 0.25) is 0 Å². The van der Waals surface area contributed by atoms with E-state index in [1.54, 1.807) is 18.6 Å². The Hall–Kier alpha value is -1.03. The minimum absolute atomic E-state index is 0.746. The Balaban J connectivity index is 2.83. The lowest BCUT2D eigenvalue weighted by Gasteiger charge is -1.93. The molecule has 2 heterocycles. The van der Waals surface area contributed by atoms with E-state index in [1.165, 1.54) is 0 Å². The lowest BCUT2D eigenvalue weighted by Crippen LogP contribution is -1.84. The Morgan fingerprint density at radius 3 is 3.00 bits per heavy atom. The van der Waals surface area contributed by atoms with Crippen LogP contribution in [0.3, 0.4) is 0 Å². The topological polar surface area (TPSA) is 38.7 Å². The maximum atomic E-state index is 4.19. The molecule has 0 spiro atoms. The van der Waals surface area contributed by atoms with E-state index in [0.29, 0.717) is 0 Å². The van der Waals surface area contributed by atoms with Crippen LogP contribution in [0.1, 0.15) is 0 Å². The van der Waals surface area contributed by atoms with Gasteiger partial charge in [0.25, 0.3) is 0 Å². The highest BCUT2D eigenvalue weighted by molar-refractivity contribution is 9.10. The summed E-state index contributed by atoms with van der Waals surface area (Å²) in [4.78, 5) is 12.2. The van der Waals surface area contributed by atoms with Crippen molar-refractivity contribution < 1.29 is 0 Å². The molecule has 2 rings (SSSR count). The van der Waals surface area contributed by atoms with Crippen LogP contribution in [-0.2, 0) is 0 Å². The van der Waals surface area contributed by atoms with E-state index in [1.807, 2.05) is 6.07 Å². The third-order valence-electron chi connectivity index (χ3n) is 1.32. The van der Waals surface area contributed by atoms with Crippen LogP contribution in [0, 0.1) is 0 Å². The second kappa shape index (κ2) is 2.54. The van der Waals surface area contributed by atoms with Crippen molar-refractivity contribution in [2.75, 3.05) is 0 Å². The van der Waals surface area contributed by atoms with Gasteiger partial charge in [0.05, 0.1) is 17.9 Å². The fourth-order valence-electron chi connectivity index (χ4n) is 0.840. The maximum absolute atomic E-state index is 4.19. The molecule has 0 amide bonds. The molecule has 0 aliphatic rings. The van der Waals surface area contributed by atoms with E-state index in [2.05, 4.69) is 30.9 Å². The van der Waals surface area contributed by atoms with Gasteiger partial charge in [-0.1, -0.05) is 0 Å². The second-order valence-electron chi connectivity index (χ2n) is 2.06. The molecule has 0 atom stereocenters. The lowest BCUT2D eigenvalue weighted by atomic mass is 10.4. The summed E-state index contributed by atoms with van der Waals surface area (Å²) in [6, 6.07) is 1.83. The van der Waals surface area contributed by atoms with Crippen molar-refractivity contribution in [2.45, 2.75) is 0 Å². The zero-order valence-electron chi connectivity index (χ0n) is 5.53. The standard InChI is InChI=1S/C7H4BrN3/c8-7-4-10-6-3-9-2-1-5(6)11-7/h1-4H. The van der Waals surface area contributed by atoms with Crippen molar-refractivity contribution in [3.63, 3.8) is 0 Å². The second-order valence-corrected chi connectivity index (χ2v) is 2.87. The first-order chi connectivity index (χ1) is 5.36. The average Bonchev–Trinajstić information content (AvgIpc) is 2.04. The first-order valence-corrected chi connectivity index (χ1v) is 3.88. The van der Waals surface area contributed by atoms with Gasteiger partial charge in [0.2, 0.25) is 0 Å². The fourth-order valence-corrected chi connectivity index (χ4v) is 1.13. The van der Waals surface area contributed by atoms with Crippen LogP contribution in [0.15, 0.2) is 29.3 Å². The zero-order chi connectivity index (χ0) is 7.68. The molecule has 0 fully saturated rings. The summed E-state index contributed by atoms with van der Waals surface area (Å²) in [7, 11) is 0. The van der Waals surface area contributed by atoms with Crippen molar-refractivity contribution in [3.05, 3.63) is 29.3 Å². The molecule has 0 bridgehead atoms. The number of hydrogen-bond donors (Lipinski definition) is 0. The Morgan fingerprint density at radius 2 is 2.09 bits per heavy atom. The fraction of sp³-hybridized carbons (Fsp3) is 0. The van der Waals surface area contributed by atoms with Crippen molar-refractivity contribution in [1.29, 1.82) is 0 Å². The molecule has 2 aromatic heterocycles. The molecule has 4 heteroatoms. The molecule has 0 aromatic carbocycles. The van der Waals surface area contributed by atoms with Gasteiger partial charge in [-0.2, -0.15) is 0 Å². The van der Waals surface area contributed by atoms with Crippen molar-refractivity contribution >= 4 is 27.0 Å². The number of fused-ring (bicyclic) bond motifs is 1. The summed E-state index contributed by atoms with van der Waals surface area (Å²) < 4.78 is 0.746. The lowest BCUT2D eigenvalue weighted by molar-refractivity contribution is 1.22. The Morgan fingerprint density at radius 1 is 1.18 bits per heavy atom. The van der Waals surface area contributed by atoms with Crippen molar-refractivity contribution in [3.8, 4) is 0 Å². The molecule has 0 saturated carbocycles. The minimum Gasteiger partial charge on any atom is -0.262 e. The number of hydrogen-bond acceptors (Lipinski definition) is 3. The molecule has 0 unspecified atom stereocenters. The number of pyridine rings is 1. The number of nitrogens with zero attached hydrogens (tertiary/aromatic N) is 3. The zero-order valence-corrected chi connectivity index (χ0v) is 7.12. The van der Waals surface area contributed by atoms with E-state index in [-0.39, 0.29) is 0 Å². The molecule has 54 valence electrons. The monoisotopic (exact) mass is 209 g/mol. The van der Waals surface area contributed by atoms with Gasteiger partial charge in [0.15, 0.2) is 0 Å². The van der Waals surface area contributed by atoms with Crippen LogP contribution < -0.4 is 0 Å². The van der Waals surface area contributed by atoms with Crippen LogP contribution >= 0.6 is 15.9 Å². The molecule has 11 heavy (non-hydrogen) atoms. The summed E-state index contributed by atoms with van der Waals surface area (Å²) in [5, 5.41) is 0. The van der Waals surface area contributed by atoms with Gasteiger partial charge in [0, 0.05) is 6.20 Å². The van der Waals surface area contributed by atoms with E-state index < -0.39 is 0 Å². The minimum atomic E-state index is 0.746. The number of halogens is 1. The summed E-state index contributed by atoms with van der Waals surface area (Å²) in [6.45, 7) is 0. The van der Waals surface area contributed by atoms with Gasteiger partial charge in [-0.25, -0.2) is 4.98 Å². The molecule has 3 nitrogen and oxygen atoms in total. The van der Waals surface area contributed by atoms with Crippen LogP contribution in [0.5, 0.6) is 0 Å². The Bertz CT molecular complexity index is 388. The first kappa shape index (κ1) is 6.67. The van der Waals surface area contributed by atoms with Crippen LogP contribution in [-0.4, -0.2) is 15.0 Å². The van der Waals surface area contributed by atoms with E-state index in [4.69, 9.17) is 0 Å². The third kappa shape index (κ3) is 1.21. The molecule has 0 aliphatic heterocycles. The summed E-state index contributed by atoms with van der Waals surface area (Å²) in [5.74, 6) is 0. The predicted molar refractivity (Wildman–Crippen MR) is 45.0 cm³/mol. The SMILES string of the molecule is Brc1cnc2cnccc2n1. The molecule has 2 aromatic rings. The van der Waals surface area contributed by atoms with Gasteiger partial charge < -0.3 is 0 Å². The van der Waals surface area contributed by atoms with Gasteiger partial charge in [-0.15, -0.1) is 0 Å². The van der Waals surface area contributed by atoms with E-state index >= 15 is 0 Å². The van der Waals surface area contributed by atoms with Gasteiger partial charge >= 0.3 is 0 Å². The predicted octanol–water partition coefficient (Wildman–Crippen LogP) is 1.79. The van der Waals surface area contributed by atoms with Gasteiger partial charge in [-0.3, -0.25) is 9.97 Å². The van der Waals surface area contributed by atoms with E-state index in [0.717, 1.165) is 15.6 Å². The van der Waals surface area contributed by atoms with Gasteiger partial charge in [-0.05, 0) is 22.0 Å². The Kier molecular flexibility index (Phi) is 1.54. The summed E-state index contributed by atoms with van der Waals surface area (Å²) in [5.41, 5.74) is 1.67. The largest absolute Gasteiger partial charge is 0.262 e. The quantitative estimate of drug-likeness (QED) is 0.665. The van der Waals surface area contributed by atoms with Gasteiger partial charge in [0.1, 0.15) is 10.1 Å². The number of rotatable bonds is 0. The molecule has 0 aliphatic carbocycles. The highest BCUT2D eigenvalue weighted by atomic mass is 79.9. The smallest absolute Gasteiger partial charge is 0.125 e. The van der Waals surface area contributed by atoms with Crippen LogP contribution in [0.4, 0.5) is 0 Å². The molecular weight excluding hydrogens is 206 g/mol. The Labute approximate surface area is 71.6 Å².